The Morgan fingerprint density at radius 2 is 1.62 bits per heavy atom. The number of hydrogen-bond acceptors (Lipinski definition) is 2. The van der Waals surface area contributed by atoms with Crippen molar-refractivity contribution in [3.63, 3.8) is 0 Å². The molecule has 1 aromatic carbocycles. The van der Waals surface area contributed by atoms with E-state index in [2.05, 4.69) is 86.5 Å². The molecule has 0 unspecified atom stereocenters. The Morgan fingerprint density at radius 1 is 1.05 bits per heavy atom. The van der Waals surface area contributed by atoms with Crippen LogP contribution >= 0.6 is 34.2 Å². The Bertz CT molecular complexity index is 643. The van der Waals surface area contributed by atoms with E-state index in [1.54, 1.807) is 0 Å². The van der Waals surface area contributed by atoms with Gasteiger partial charge in [-0.2, -0.15) is 0 Å². The molecule has 0 N–H and O–H groups in total. The van der Waals surface area contributed by atoms with Crippen LogP contribution < -0.4 is 0 Å². The van der Waals surface area contributed by atoms with Crippen molar-refractivity contribution in [1.82, 2.24) is 9.97 Å². The van der Waals surface area contributed by atoms with Crippen LogP contribution in [-0.2, 0) is 5.41 Å². The smallest absolute Gasteiger partial charge is 0.161 e. The van der Waals surface area contributed by atoms with Gasteiger partial charge in [-0.1, -0.05) is 70.5 Å². The molecule has 2 nitrogen and oxygen atoms in total. The minimum Gasteiger partial charge on any atom is -0.232 e. The van der Waals surface area contributed by atoms with Crippen LogP contribution in [0.2, 0.25) is 5.15 Å². The Labute approximate surface area is 145 Å². The molecular weight excluding hydrogens is 395 g/mol. The molecule has 1 heterocycles. The summed E-state index contributed by atoms with van der Waals surface area (Å²) in [6.07, 6.45) is 0. The Hall–Kier alpha value is -0.680. The molecule has 112 valence electrons. The van der Waals surface area contributed by atoms with Gasteiger partial charge in [0.15, 0.2) is 5.82 Å². The maximum atomic E-state index is 6.26. The van der Waals surface area contributed by atoms with Gasteiger partial charge in [0.25, 0.3) is 0 Å². The van der Waals surface area contributed by atoms with Crippen LogP contribution in [0.15, 0.2) is 24.3 Å². The molecule has 0 aliphatic carbocycles. The second-order valence-corrected chi connectivity index (χ2v) is 7.96. The zero-order valence-corrected chi connectivity index (χ0v) is 16.0. The summed E-state index contributed by atoms with van der Waals surface area (Å²) in [6.45, 7) is 10.9. The van der Waals surface area contributed by atoms with Gasteiger partial charge in [-0.05, 0) is 39.5 Å². The summed E-state index contributed by atoms with van der Waals surface area (Å²) in [5, 5.41) is 0.532. The highest BCUT2D eigenvalue weighted by Crippen LogP contribution is 2.29. The zero-order valence-electron chi connectivity index (χ0n) is 13.0. The summed E-state index contributed by atoms with van der Waals surface area (Å²) in [6, 6.07) is 8.42. The molecule has 0 spiro atoms. The molecule has 0 saturated carbocycles. The molecule has 0 saturated heterocycles. The predicted octanol–water partition coefficient (Wildman–Crippen LogP) is 5.82. The molecule has 0 radical (unpaired) electrons. The molecule has 0 fully saturated rings. The van der Waals surface area contributed by atoms with Crippen molar-refractivity contribution in [2.45, 2.75) is 46.0 Å². The van der Waals surface area contributed by atoms with Gasteiger partial charge in [-0.25, -0.2) is 9.97 Å². The summed E-state index contributed by atoms with van der Waals surface area (Å²) in [4.78, 5) is 9.12. The lowest BCUT2D eigenvalue weighted by atomic mass is 9.87. The van der Waals surface area contributed by atoms with E-state index in [0.29, 0.717) is 16.9 Å². The Balaban J connectivity index is 2.47. The maximum absolute atomic E-state index is 6.26. The number of halogens is 2. The van der Waals surface area contributed by atoms with E-state index in [0.717, 1.165) is 14.8 Å². The van der Waals surface area contributed by atoms with Gasteiger partial charge in [0, 0.05) is 5.56 Å². The highest BCUT2D eigenvalue weighted by molar-refractivity contribution is 14.1. The first-order valence-electron chi connectivity index (χ1n) is 7.04. The number of rotatable bonds is 2. The lowest BCUT2D eigenvalue weighted by Crippen LogP contribution is -2.10. The fourth-order valence-corrected chi connectivity index (χ4v) is 3.11. The van der Waals surface area contributed by atoms with E-state index in [1.165, 1.54) is 5.56 Å². The van der Waals surface area contributed by atoms with Crippen LogP contribution in [-0.4, -0.2) is 9.97 Å². The first-order valence-corrected chi connectivity index (χ1v) is 8.49. The number of aromatic nitrogens is 2. The van der Waals surface area contributed by atoms with Crippen molar-refractivity contribution in [2.24, 2.45) is 0 Å². The highest BCUT2D eigenvalue weighted by atomic mass is 127. The standard InChI is InChI=1S/C17H20ClIN2/c1-10(2)14-13(19)15(18)21-16(20-14)11-6-8-12(9-7-11)17(3,4)5/h6-10H,1-5H3. The van der Waals surface area contributed by atoms with Gasteiger partial charge in [0.2, 0.25) is 0 Å². The quantitative estimate of drug-likeness (QED) is 0.457. The fraction of sp³-hybridized carbons (Fsp3) is 0.412. The van der Waals surface area contributed by atoms with E-state index in [9.17, 15) is 0 Å². The molecule has 1 aromatic heterocycles. The summed E-state index contributed by atoms with van der Waals surface area (Å²) in [5.74, 6) is 1.02. The van der Waals surface area contributed by atoms with Crippen molar-refractivity contribution >= 4 is 34.2 Å². The number of hydrogen-bond donors (Lipinski definition) is 0. The van der Waals surface area contributed by atoms with Crippen molar-refractivity contribution in [3.8, 4) is 11.4 Å². The monoisotopic (exact) mass is 414 g/mol. The third kappa shape index (κ3) is 3.75. The van der Waals surface area contributed by atoms with Gasteiger partial charge in [0.05, 0.1) is 9.26 Å². The van der Waals surface area contributed by atoms with E-state index < -0.39 is 0 Å². The van der Waals surface area contributed by atoms with Crippen molar-refractivity contribution in [3.05, 3.63) is 44.2 Å². The average molecular weight is 415 g/mol. The van der Waals surface area contributed by atoms with Gasteiger partial charge >= 0.3 is 0 Å². The van der Waals surface area contributed by atoms with Gasteiger partial charge < -0.3 is 0 Å². The van der Waals surface area contributed by atoms with Crippen LogP contribution in [0.1, 0.15) is 51.8 Å². The topological polar surface area (TPSA) is 25.8 Å². The third-order valence-corrected chi connectivity index (χ3v) is 5.05. The van der Waals surface area contributed by atoms with E-state index in [1.807, 2.05) is 0 Å². The van der Waals surface area contributed by atoms with Gasteiger partial charge in [-0.3, -0.25) is 0 Å². The summed E-state index contributed by atoms with van der Waals surface area (Å²) in [7, 11) is 0. The van der Waals surface area contributed by atoms with Crippen LogP contribution in [0, 0.1) is 3.57 Å². The minimum absolute atomic E-state index is 0.145. The molecule has 2 aromatic rings. The molecule has 21 heavy (non-hydrogen) atoms. The van der Waals surface area contributed by atoms with Crippen LogP contribution in [0.4, 0.5) is 0 Å². The fourth-order valence-electron chi connectivity index (χ4n) is 2.07. The van der Waals surface area contributed by atoms with Crippen LogP contribution in [0.5, 0.6) is 0 Å². The first kappa shape index (κ1) is 16.7. The van der Waals surface area contributed by atoms with Gasteiger partial charge in [-0.15, -0.1) is 0 Å². The summed E-state index contributed by atoms with van der Waals surface area (Å²) >= 11 is 8.47. The summed E-state index contributed by atoms with van der Waals surface area (Å²) in [5.41, 5.74) is 3.45. The highest BCUT2D eigenvalue weighted by Gasteiger charge is 2.16. The molecule has 0 aliphatic heterocycles. The SMILES string of the molecule is CC(C)c1nc(-c2ccc(C(C)(C)C)cc2)nc(Cl)c1I. The maximum Gasteiger partial charge on any atom is 0.161 e. The molecular formula is C17H20ClIN2. The van der Waals surface area contributed by atoms with E-state index in [-0.39, 0.29) is 5.41 Å². The molecule has 0 bridgehead atoms. The second-order valence-electron chi connectivity index (χ2n) is 6.52. The van der Waals surface area contributed by atoms with Crippen molar-refractivity contribution in [2.75, 3.05) is 0 Å². The number of benzene rings is 1. The number of nitrogens with zero attached hydrogens (tertiary/aromatic N) is 2. The molecule has 4 heteroatoms. The molecule has 2 rings (SSSR count). The minimum atomic E-state index is 0.145. The molecule has 0 aliphatic rings. The largest absolute Gasteiger partial charge is 0.232 e. The van der Waals surface area contributed by atoms with E-state index in [4.69, 9.17) is 16.6 Å². The third-order valence-electron chi connectivity index (χ3n) is 3.39. The van der Waals surface area contributed by atoms with Crippen LogP contribution in [0.25, 0.3) is 11.4 Å². The van der Waals surface area contributed by atoms with Crippen molar-refractivity contribution in [1.29, 1.82) is 0 Å². The van der Waals surface area contributed by atoms with Gasteiger partial charge in [0.1, 0.15) is 5.15 Å². The normalized spacial score (nSPS) is 12.0. The lowest BCUT2D eigenvalue weighted by molar-refractivity contribution is 0.590. The van der Waals surface area contributed by atoms with Crippen molar-refractivity contribution < 1.29 is 0 Å². The molecule has 0 amide bonds. The predicted molar refractivity (Wildman–Crippen MR) is 98.0 cm³/mol. The van der Waals surface area contributed by atoms with E-state index >= 15 is 0 Å². The first-order chi connectivity index (χ1) is 9.70. The Kier molecular flexibility index (Phi) is 4.93. The van der Waals surface area contributed by atoms with Crippen LogP contribution in [0.3, 0.4) is 0 Å². The summed E-state index contributed by atoms with van der Waals surface area (Å²) < 4.78 is 0.944. The zero-order chi connectivity index (χ0) is 15.8. The Morgan fingerprint density at radius 3 is 2.10 bits per heavy atom. The lowest BCUT2D eigenvalue weighted by Gasteiger charge is -2.19. The second kappa shape index (κ2) is 6.21. The average Bonchev–Trinajstić information content (AvgIpc) is 2.40. The molecule has 0 atom stereocenters.